The molecule has 0 radical (unpaired) electrons. The van der Waals surface area contributed by atoms with Crippen molar-refractivity contribution in [3.63, 3.8) is 0 Å². The van der Waals surface area contributed by atoms with Gasteiger partial charge < -0.3 is 0 Å². The first-order valence-corrected chi connectivity index (χ1v) is 7.30. The molecule has 1 rings (SSSR count). The molecule has 0 aliphatic carbocycles. The molecule has 1 aromatic carbocycles. The molecule has 0 saturated carbocycles. The molecule has 0 unspecified atom stereocenters. The SMILES string of the molecule is CCCCc1ccc(C(C)(C)C)cc1C(C)(C)C. The van der Waals surface area contributed by atoms with Crippen molar-refractivity contribution in [3.05, 3.63) is 34.9 Å². The van der Waals surface area contributed by atoms with Crippen LogP contribution in [0.15, 0.2) is 18.2 Å². The summed E-state index contributed by atoms with van der Waals surface area (Å²) < 4.78 is 0. The minimum Gasteiger partial charge on any atom is -0.0654 e. The van der Waals surface area contributed by atoms with Gasteiger partial charge in [-0.3, -0.25) is 0 Å². The largest absolute Gasteiger partial charge is 0.0654 e. The molecule has 0 N–H and O–H groups in total. The fourth-order valence-corrected chi connectivity index (χ4v) is 2.33. The Bertz CT molecular complexity index is 385. The maximum atomic E-state index is 2.44. The Hall–Kier alpha value is -0.780. The summed E-state index contributed by atoms with van der Waals surface area (Å²) in [6, 6.07) is 7.11. The van der Waals surface area contributed by atoms with E-state index in [9.17, 15) is 0 Å². The van der Waals surface area contributed by atoms with Crippen molar-refractivity contribution in [1.82, 2.24) is 0 Å². The Morgan fingerprint density at radius 2 is 1.50 bits per heavy atom. The Kier molecular flexibility index (Phi) is 4.64. The molecule has 18 heavy (non-hydrogen) atoms. The molecule has 0 fully saturated rings. The predicted octanol–water partition coefficient (Wildman–Crippen LogP) is 5.62. The molecule has 0 heterocycles. The summed E-state index contributed by atoms with van der Waals surface area (Å²) in [5.74, 6) is 0. The van der Waals surface area contributed by atoms with Gasteiger partial charge in [0.25, 0.3) is 0 Å². The average molecular weight is 246 g/mol. The molecule has 0 nitrogen and oxygen atoms in total. The van der Waals surface area contributed by atoms with Gasteiger partial charge in [-0.2, -0.15) is 0 Å². The van der Waals surface area contributed by atoms with Crippen LogP contribution in [0.1, 0.15) is 78.0 Å². The van der Waals surface area contributed by atoms with Gasteiger partial charge in [-0.1, -0.05) is 73.1 Å². The van der Waals surface area contributed by atoms with Crippen LogP contribution in [0, 0.1) is 0 Å². The fraction of sp³-hybridized carbons (Fsp3) is 0.667. The molecule has 0 aliphatic heterocycles. The second-order valence-electron chi connectivity index (χ2n) is 7.48. The van der Waals surface area contributed by atoms with Gasteiger partial charge >= 0.3 is 0 Å². The van der Waals surface area contributed by atoms with E-state index in [1.54, 1.807) is 0 Å². The number of benzene rings is 1. The molecule has 0 saturated heterocycles. The number of aryl methyl sites for hydroxylation is 1. The summed E-state index contributed by atoms with van der Waals surface area (Å²) in [4.78, 5) is 0. The smallest absolute Gasteiger partial charge is 0.0129 e. The highest BCUT2D eigenvalue weighted by Crippen LogP contribution is 2.32. The molecule has 0 bridgehead atoms. The summed E-state index contributed by atoms with van der Waals surface area (Å²) in [5, 5.41) is 0. The third-order valence-corrected chi connectivity index (χ3v) is 3.58. The van der Waals surface area contributed by atoms with Crippen LogP contribution in [0.25, 0.3) is 0 Å². The summed E-state index contributed by atoms with van der Waals surface area (Å²) in [7, 11) is 0. The van der Waals surface area contributed by atoms with Crippen LogP contribution >= 0.6 is 0 Å². The fourth-order valence-electron chi connectivity index (χ4n) is 2.33. The number of unbranched alkanes of at least 4 members (excludes halogenated alkanes) is 1. The minimum absolute atomic E-state index is 0.239. The molecule has 0 aliphatic rings. The normalized spacial score (nSPS) is 12.8. The van der Waals surface area contributed by atoms with E-state index in [1.807, 2.05) is 0 Å². The van der Waals surface area contributed by atoms with Crippen molar-refractivity contribution < 1.29 is 0 Å². The van der Waals surface area contributed by atoms with E-state index in [-0.39, 0.29) is 10.8 Å². The van der Waals surface area contributed by atoms with Gasteiger partial charge in [0.05, 0.1) is 0 Å². The van der Waals surface area contributed by atoms with Crippen molar-refractivity contribution in [1.29, 1.82) is 0 Å². The minimum atomic E-state index is 0.239. The zero-order valence-electron chi connectivity index (χ0n) is 13.4. The average Bonchev–Trinajstić information content (AvgIpc) is 2.23. The van der Waals surface area contributed by atoms with E-state index in [0.29, 0.717) is 0 Å². The van der Waals surface area contributed by atoms with Gasteiger partial charge in [-0.15, -0.1) is 0 Å². The highest BCUT2D eigenvalue weighted by molar-refractivity contribution is 5.39. The van der Waals surface area contributed by atoms with Gasteiger partial charge in [0.1, 0.15) is 0 Å². The lowest BCUT2D eigenvalue weighted by atomic mass is 9.78. The summed E-state index contributed by atoms with van der Waals surface area (Å²) >= 11 is 0. The summed E-state index contributed by atoms with van der Waals surface area (Å²) in [6.07, 6.45) is 3.77. The standard InChI is InChI=1S/C18H30/c1-8-9-10-14-11-12-15(17(2,3)4)13-16(14)18(5,6)7/h11-13H,8-10H2,1-7H3. The van der Waals surface area contributed by atoms with Crippen LogP contribution in [0.4, 0.5) is 0 Å². The lowest BCUT2D eigenvalue weighted by molar-refractivity contribution is 0.561. The molecule has 0 aromatic heterocycles. The van der Waals surface area contributed by atoms with Crippen LogP contribution in [0.2, 0.25) is 0 Å². The molecule has 1 aromatic rings. The van der Waals surface area contributed by atoms with Crippen LogP contribution in [0.3, 0.4) is 0 Å². The summed E-state index contributed by atoms with van der Waals surface area (Å²) in [5.41, 5.74) is 5.00. The Labute approximate surface area is 114 Å². The zero-order valence-corrected chi connectivity index (χ0v) is 13.4. The maximum absolute atomic E-state index is 2.44. The van der Waals surface area contributed by atoms with Crippen molar-refractivity contribution in [3.8, 4) is 0 Å². The Morgan fingerprint density at radius 1 is 0.889 bits per heavy atom. The molecular formula is C18H30. The van der Waals surface area contributed by atoms with Crippen LogP contribution in [0.5, 0.6) is 0 Å². The van der Waals surface area contributed by atoms with E-state index in [4.69, 9.17) is 0 Å². The summed E-state index contributed by atoms with van der Waals surface area (Å²) in [6.45, 7) is 16.1. The van der Waals surface area contributed by atoms with Crippen LogP contribution < -0.4 is 0 Å². The number of rotatable bonds is 3. The second-order valence-corrected chi connectivity index (χ2v) is 7.48. The Morgan fingerprint density at radius 3 is 1.94 bits per heavy atom. The van der Waals surface area contributed by atoms with Crippen molar-refractivity contribution in [2.45, 2.75) is 78.6 Å². The molecular weight excluding hydrogens is 216 g/mol. The third-order valence-electron chi connectivity index (χ3n) is 3.58. The first-order chi connectivity index (χ1) is 8.16. The van der Waals surface area contributed by atoms with E-state index in [1.165, 1.54) is 36.0 Å². The molecule has 0 spiro atoms. The number of hydrogen-bond donors (Lipinski definition) is 0. The first kappa shape index (κ1) is 15.3. The quantitative estimate of drug-likeness (QED) is 0.649. The van der Waals surface area contributed by atoms with Crippen molar-refractivity contribution >= 4 is 0 Å². The van der Waals surface area contributed by atoms with Gasteiger partial charge in [0, 0.05) is 0 Å². The van der Waals surface area contributed by atoms with Gasteiger partial charge in [0.2, 0.25) is 0 Å². The van der Waals surface area contributed by atoms with Gasteiger partial charge in [-0.25, -0.2) is 0 Å². The highest BCUT2D eigenvalue weighted by atomic mass is 14.3. The lowest BCUT2D eigenvalue weighted by Gasteiger charge is -2.27. The lowest BCUT2D eigenvalue weighted by Crippen LogP contribution is -2.18. The van der Waals surface area contributed by atoms with E-state index >= 15 is 0 Å². The van der Waals surface area contributed by atoms with E-state index in [0.717, 1.165) is 0 Å². The predicted molar refractivity (Wildman–Crippen MR) is 82.5 cm³/mol. The van der Waals surface area contributed by atoms with E-state index < -0.39 is 0 Å². The zero-order chi connectivity index (χ0) is 14.0. The molecule has 0 amide bonds. The molecule has 0 heteroatoms. The van der Waals surface area contributed by atoms with Crippen molar-refractivity contribution in [2.24, 2.45) is 0 Å². The first-order valence-electron chi connectivity index (χ1n) is 7.30. The molecule has 102 valence electrons. The highest BCUT2D eigenvalue weighted by Gasteiger charge is 2.21. The topological polar surface area (TPSA) is 0 Å². The van der Waals surface area contributed by atoms with Gasteiger partial charge in [0.15, 0.2) is 0 Å². The molecule has 0 atom stereocenters. The number of hydrogen-bond acceptors (Lipinski definition) is 0. The van der Waals surface area contributed by atoms with E-state index in [2.05, 4.69) is 66.7 Å². The van der Waals surface area contributed by atoms with Crippen LogP contribution in [-0.2, 0) is 17.3 Å². The Balaban J connectivity index is 3.21. The third kappa shape index (κ3) is 3.86. The monoisotopic (exact) mass is 246 g/mol. The van der Waals surface area contributed by atoms with Gasteiger partial charge in [-0.05, 0) is 40.4 Å². The van der Waals surface area contributed by atoms with Crippen molar-refractivity contribution in [2.75, 3.05) is 0 Å². The van der Waals surface area contributed by atoms with Crippen LogP contribution in [-0.4, -0.2) is 0 Å². The maximum Gasteiger partial charge on any atom is -0.0129 e. The second kappa shape index (κ2) is 5.47.